The lowest BCUT2D eigenvalue weighted by molar-refractivity contribution is 0.669. The number of aromatic nitrogens is 1. The maximum atomic E-state index is 6.40. The lowest BCUT2D eigenvalue weighted by Gasteiger charge is -2.18. The Labute approximate surface area is 770 Å². The van der Waals surface area contributed by atoms with E-state index in [1.165, 1.54) is 213 Å². The number of rotatable bonds is 8. The fraction of sp³-hybridized carbons (Fsp3) is 0. The Balaban J connectivity index is 0.000000104. The Kier molecular flexibility index (Phi) is 17.7. The summed E-state index contributed by atoms with van der Waals surface area (Å²) in [5, 5.41) is 34.2. The smallest absolute Gasteiger partial charge is 0.136 e. The number of para-hydroxylation sites is 2. The zero-order valence-corrected chi connectivity index (χ0v) is 72.8. The molecule has 4 aromatic heterocycles. The average molecular weight is 1700 g/mol. The molecule has 0 aliphatic rings. The maximum Gasteiger partial charge on any atom is 0.136 e. The maximum absolute atomic E-state index is 6.40. The van der Waals surface area contributed by atoms with E-state index in [-0.39, 0.29) is 0 Å². The van der Waals surface area contributed by atoms with Crippen LogP contribution < -0.4 is 0 Å². The topological polar surface area (TPSA) is 44.4 Å². The second-order valence-corrected chi connectivity index (χ2v) is 35.5. The SMILES string of the molecule is c1ccc(-c2c3ccccc3c(-c3ccc4oc5cc6ccccc6cc5c4c3)c3ccccc23)cc1.c1ccc(-n2c3ccccc3c3cc(-c4c5ccccc5c(-c5ccc6oc7cc8ccccc8cc7c6c5)c5ccccc45)ccc32)cc1.c1ccc2cc(-c3ccc(-c4c5ccccc5c(-c5ccc6oc7cc8ccccc8cc7c6c5)c5ccccc45)cc3)ccc2c1. The third-order valence-corrected chi connectivity index (χ3v) is 28.0. The van der Waals surface area contributed by atoms with E-state index in [1.807, 2.05) is 0 Å². The van der Waals surface area contributed by atoms with Gasteiger partial charge in [0.1, 0.15) is 33.5 Å². The number of hydrogen-bond acceptors (Lipinski definition) is 3. The largest absolute Gasteiger partial charge is 0.456 e. The van der Waals surface area contributed by atoms with E-state index in [9.17, 15) is 0 Å². The Bertz CT molecular complexity index is 9730. The van der Waals surface area contributed by atoms with Crippen LogP contribution in [-0.4, -0.2) is 4.57 Å². The lowest BCUT2D eigenvalue weighted by atomic mass is 9.85. The summed E-state index contributed by atoms with van der Waals surface area (Å²) in [5.41, 5.74) is 26.4. The van der Waals surface area contributed by atoms with Crippen molar-refractivity contribution >= 4 is 195 Å². The van der Waals surface area contributed by atoms with Crippen LogP contribution in [-0.2, 0) is 0 Å². The van der Waals surface area contributed by atoms with Gasteiger partial charge >= 0.3 is 0 Å². The van der Waals surface area contributed by atoms with Gasteiger partial charge in [0.25, 0.3) is 0 Å². The van der Waals surface area contributed by atoms with Crippen LogP contribution in [0.5, 0.6) is 0 Å². The van der Waals surface area contributed by atoms with Crippen molar-refractivity contribution < 1.29 is 13.3 Å². The highest BCUT2D eigenvalue weighted by atomic mass is 16.3. The molecule has 0 atom stereocenters. The van der Waals surface area contributed by atoms with Gasteiger partial charge < -0.3 is 17.8 Å². The predicted octanol–water partition coefficient (Wildman–Crippen LogP) is 37.1. The molecule has 0 unspecified atom stereocenters. The molecule has 0 bridgehead atoms. The predicted molar refractivity (Wildman–Crippen MR) is 569 cm³/mol. The Morgan fingerprint density at radius 1 is 0.119 bits per heavy atom. The number of nitrogens with zero attached hydrogens (tertiary/aromatic N) is 1. The van der Waals surface area contributed by atoms with Gasteiger partial charge in [0, 0.05) is 48.8 Å². The molecule has 25 aromatic carbocycles. The number of benzene rings is 25. The van der Waals surface area contributed by atoms with Gasteiger partial charge in [0.2, 0.25) is 0 Å². The molecule has 0 fully saturated rings. The molecule has 0 aliphatic heterocycles. The van der Waals surface area contributed by atoms with Crippen LogP contribution in [0, 0.1) is 0 Å². The van der Waals surface area contributed by atoms with E-state index in [1.54, 1.807) is 0 Å². The van der Waals surface area contributed by atoms with Crippen LogP contribution >= 0.6 is 0 Å². The summed E-state index contributed by atoms with van der Waals surface area (Å²) < 4.78 is 21.4. The van der Waals surface area contributed by atoms with Gasteiger partial charge in [-0.1, -0.05) is 370 Å². The van der Waals surface area contributed by atoms with Crippen LogP contribution in [0.2, 0.25) is 0 Å². The van der Waals surface area contributed by atoms with Gasteiger partial charge in [-0.15, -0.1) is 0 Å². The van der Waals surface area contributed by atoms with Crippen molar-refractivity contribution in [3.63, 3.8) is 0 Å². The second-order valence-electron chi connectivity index (χ2n) is 35.5. The zero-order valence-electron chi connectivity index (χ0n) is 72.8. The summed E-state index contributed by atoms with van der Waals surface area (Å²) in [6.07, 6.45) is 0. The first-order valence-electron chi connectivity index (χ1n) is 46.0. The molecule has 0 spiro atoms. The second kappa shape index (κ2) is 31.0. The highest BCUT2D eigenvalue weighted by Crippen LogP contribution is 2.51. The van der Waals surface area contributed by atoms with E-state index < -0.39 is 0 Å². The van der Waals surface area contributed by atoms with Gasteiger partial charge in [-0.2, -0.15) is 0 Å². The van der Waals surface area contributed by atoms with E-state index in [4.69, 9.17) is 13.3 Å². The third-order valence-electron chi connectivity index (χ3n) is 28.0. The van der Waals surface area contributed by atoms with Crippen molar-refractivity contribution in [1.29, 1.82) is 0 Å². The summed E-state index contributed by atoms with van der Waals surface area (Å²) >= 11 is 0. The van der Waals surface area contributed by atoms with Crippen LogP contribution in [0.1, 0.15) is 0 Å². The molecule has 134 heavy (non-hydrogen) atoms. The minimum absolute atomic E-state index is 0.909. The number of hydrogen-bond donors (Lipinski definition) is 0. The van der Waals surface area contributed by atoms with Gasteiger partial charge in [-0.05, 0) is 295 Å². The number of furan rings is 3. The number of fused-ring (bicyclic) bond motifs is 22. The summed E-state index contributed by atoms with van der Waals surface area (Å²) in [4.78, 5) is 0. The molecule has 29 rings (SSSR count). The summed E-state index contributed by atoms with van der Waals surface area (Å²) in [5.74, 6) is 0. The minimum atomic E-state index is 0.909. The van der Waals surface area contributed by atoms with Crippen LogP contribution in [0.15, 0.2) is 492 Å². The molecule has 622 valence electrons. The highest BCUT2D eigenvalue weighted by Gasteiger charge is 2.25. The molecule has 0 amide bonds. The molecular weight excluding hydrogens is 1620 g/mol. The highest BCUT2D eigenvalue weighted by molar-refractivity contribution is 6.27. The van der Waals surface area contributed by atoms with Gasteiger partial charge in [0.05, 0.1) is 11.0 Å². The first kappa shape index (κ1) is 76.4. The Hall–Kier alpha value is -17.7. The van der Waals surface area contributed by atoms with Crippen molar-refractivity contribution in [2.45, 2.75) is 0 Å². The summed E-state index contributed by atoms with van der Waals surface area (Å²) in [7, 11) is 0. The lowest BCUT2D eigenvalue weighted by Crippen LogP contribution is -1.93. The van der Waals surface area contributed by atoms with Crippen molar-refractivity contribution in [2.24, 2.45) is 0 Å². The van der Waals surface area contributed by atoms with Crippen LogP contribution in [0.25, 0.3) is 279 Å². The van der Waals surface area contributed by atoms with E-state index in [2.05, 4.69) is 484 Å². The van der Waals surface area contributed by atoms with Crippen molar-refractivity contribution in [1.82, 2.24) is 4.57 Å². The van der Waals surface area contributed by atoms with Crippen LogP contribution in [0.3, 0.4) is 0 Å². The molecule has 29 aromatic rings. The minimum Gasteiger partial charge on any atom is -0.456 e. The van der Waals surface area contributed by atoms with Crippen LogP contribution in [0.4, 0.5) is 0 Å². The van der Waals surface area contributed by atoms with E-state index in [0.29, 0.717) is 0 Å². The fourth-order valence-electron chi connectivity index (χ4n) is 21.9. The Morgan fingerprint density at radius 2 is 0.358 bits per heavy atom. The third kappa shape index (κ3) is 12.5. The van der Waals surface area contributed by atoms with Crippen molar-refractivity contribution in [3.05, 3.63) is 479 Å². The van der Waals surface area contributed by atoms with Gasteiger partial charge in [0.15, 0.2) is 0 Å². The van der Waals surface area contributed by atoms with E-state index in [0.717, 1.165) is 65.8 Å². The average Bonchev–Trinajstić information content (AvgIpc) is 1.09. The molecule has 0 saturated carbocycles. The van der Waals surface area contributed by atoms with Gasteiger partial charge in [-0.25, -0.2) is 0 Å². The molecule has 4 nitrogen and oxygen atoms in total. The molecule has 0 radical (unpaired) electrons. The monoisotopic (exact) mass is 1700 g/mol. The molecule has 0 aliphatic carbocycles. The molecular formula is C130H79NO3. The molecule has 0 saturated heterocycles. The van der Waals surface area contributed by atoms with Crippen molar-refractivity contribution in [3.8, 4) is 83.6 Å². The quantitative estimate of drug-likeness (QED) is 0.142. The first-order chi connectivity index (χ1) is 66.4. The van der Waals surface area contributed by atoms with Crippen molar-refractivity contribution in [2.75, 3.05) is 0 Å². The molecule has 0 N–H and O–H groups in total. The normalized spacial score (nSPS) is 11.9. The fourth-order valence-corrected chi connectivity index (χ4v) is 21.9. The molecule has 4 heterocycles. The molecule has 4 heteroatoms. The zero-order chi connectivity index (χ0) is 88.0. The Morgan fingerprint density at radius 3 is 0.724 bits per heavy atom. The van der Waals surface area contributed by atoms with Gasteiger partial charge in [-0.3, -0.25) is 0 Å². The standard InChI is InChI=1S/C48H29NO.C46H28O.C36H22O/c1-2-14-34(15-3-1)49-43-21-11-10-16-35(43)40-27-32(22-24-44(40)49)47-36-17-6-8-19-38(36)48(39-20-9-7-18-37(39)47)33-23-25-45-41(28-33)42-26-30-12-4-5-13-31(30)29-46(42)50-45;1-2-10-32-25-35(22-19-29(32)9-1)30-17-20-31(21-18-30)45-37-13-5-7-15-39(37)46(40-16-8-6-14-38(40)45)36-23-24-43-41(27-36)42-26-33-11-3-4-12-34(33)28-44(42)47-43;1-2-10-23(11-3-1)35-27-14-6-8-16-29(27)36(30-17-9-7-15-28(30)35)26-18-19-33-31(21-26)32-20-24-12-4-5-13-25(24)22-34(32)37-33/h1-29H;1-28H;1-22H. The first-order valence-corrected chi connectivity index (χ1v) is 46.0. The van der Waals surface area contributed by atoms with E-state index >= 15 is 0 Å². The summed E-state index contributed by atoms with van der Waals surface area (Å²) in [6.45, 7) is 0. The summed E-state index contributed by atoms with van der Waals surface area (Å²) in [6, 6.07) is 173.